The molecule has 2 rings (SSSR count). The maximum atomic E-state index is 13.2. The summed E-state index contributed by atoms with van der Waals surface area (Å²) in [6.45, 7) is 3.05. The first-order valence-corrected chi connectivity index (χ1v) is 7.32. The van der Waals surface area contributed by atoms with Gasteiger partial charge in [-0.25, -0.2) is 4.98 Å². The summed E-state index contributed by atoms with van der Waals surface area (Å²) in [5.41, 5.74) is 0.00287. The Hall–Kier alpha value is -1.53. The summed E-state index contributed by atoms with van der Waals surface area (Å²) in [5, 5.41) is 3.57. The van der Waals surface area contributed by atoms with E-state index in [-0.39, 0.29) is 4.90 Å². The van der Waals surface area contributed by atoms with Crippen LogP contribution in [0.3, 0.4) is 0 Å². The van der Waals surface area contributed by atoms with Crippen molar-refractivity contribution in [1.82, 2.24) is 10.3 Å². The second kappa shape index (κ2) is 6.95. The van der Waals surface area contributed by atoms with Gasteiger partial charge in [-0.05, 0) is 36.4 Å². The van der Waals surface area contributed by atoms with Crippen molar-refractivity contribution in [3.8, 4) is 0 Å². The van der Waals surface area contributed by atoms with Gasteiger partial charge < -0.3 is 5.32 Å². The van der Waals surface area contributed by atoms with Crippen LogP contribution in [-0.2, 0) is 12.7 Å². The van der Waals surface area contributed by atoms with Gasteiger partial charge in [0.2, 0.25) is 0 Å². The lowest BCUT2D eigenvalue weighted by Gasteiger charge is -2.14. The molecule has 1 N–H and O–H groups in total. The molecule has 6 heteroatoms. The molecule has 2 nitrogen and oxygen atoms in total. The van der Waals surface area contributed by atoms with Crippen LogP contribution in [0.2, 0.25) is 0 Å². The maximum Gasteiger partial charge on any atom is 0.417 e. The summed E-state index contributed by atoms with van der Waals surface area (Å²) in [7, 11) is 0. The van der Waals surface area contributed by atoms with E-state index in [1.165, 1.54) is 12.1 Å². The first-order chi connectivity index (χ1) is 10.0. The number of hydrogen-bond donors (Lipinski definition) is 1. The molecular weight excluding hydrogens is 297 g/mol. The summed E-state index contributed by atoms with van der Waals surface area (Å²) in [5.74, 6) is 0. The van der Waals surface area contributed by atoms with Gasteiger partial charge in [0.15, 0.2) is 0 Å². The Morgan fingerprint density at radius 1 is 1.19 bits per heavy atom. The Morgan fingerprint density at radius 3 is 2.62 bits per heavy atom. The van der Waals surface area contributed by atoms with E-state index >= 15 is 0 Å². The SMILES string of the molecule is CCNCc1ccc(Sc2ccccn2)c(C(F)(F)F)c1. The number of nitrogens with one attached hydrogen (secondary N) is 1. The molecule has 0 amide bonds. The highest BCUT2D eigenvalue weighted by Gasteiger charge is 2.34. The third-order valence-electron chi connectivity index (χ3n) is 2.78. The summed E-state index contributed by atoms with van der Waals surface area (Å²) in [6, 6.07) is 9.60. The largest absolute Gasteiger partial charge is 0.417 e. The van der Waals surface area contributed by atoms with Crippen molar-refractivity contribution in [2.75, 3.05) is 6.54 Å². The number of nitrogens with zero attached hydrogens (tertiary/aromatic N) is 1. The second-order valence-corrected chi connectivity index (χ2v) is 5.44. The van der Waals surface area contributed by atoms with Gasteiger partial charge in [-0.1, -0.05) is 30.8 Å². The molecule has 0 saturated heterocycles. The highest BCUT2D eigenvalue weighted by molar-refractivity contribution is 7.99. The molecular formula is C15H15F3N2S. The zero-order valence-electron chi connectivity index (χ0n) is 11.4. The number of halogens is 3. The molecule has 1 heterocycles. The summed E-state index contributed by atoms with van der Waals surface area (Å²) in [4.78, 5) is 4.22. The van der Waals surface area contributed by atoms with Crippen LogP contribution in [0.25, 0.3) is 0 Å². The molecule has 0 unspecified atom stereocenters. The van der Waals surface area contributed by atoms with E-state index in [0.29, 0.717) is 23.7 Å². The number of pyridine rings is 1. The van der Waals surface area contributed by atoms with Crippen molar-refractivity contribution in [1.29, 1.82) is 0 Å². The standard InChI is InChI=1S/C15H15F3N2S/c1-2-19-10-11-6-7-13(12(9-11)15(16,17)18)21-14-5-3-4-8-20-14/h3-9,19H,2,10H2,1H3. The van der Waals surface area contributed by atoms with Gasteiger partial charge in [-0.15, -0.1) is 0 Å². The van der Waals surface area contributed by atoms with Crippen LogP contribution >= 0.6 is 11.8 Å². The average Bonchev–Trinajstić information content (AvgIpc) is 2.46. The molecule has 0 fully saturated rings. The number of benzene rings is 1. The summed E-state index contributed by atoms with van der Waals surface area (Å²) < 4.78 is 39.6. The van der Waals surface area contributed by atoms with Crippen molar-refractivity contribution >= 4 is 11.8 Å². The third-order valence-corrected chi connectivity index (χ3v) is 3.81. The van der Waals surface area contributed by atoms with Crippen LogP contribution in [0.5, 0.6) is 0 Å². The van der Waals surface area contributed by atoms with Crippen molar-refractivity contribution in [3.05, 3.63) is 53.7 Å². The average molecular weight is 312 g/mol. The van der Waals surface area contributed by atoms with E-state index in [1.807, 2.05) is 6.92 Å². The Bertz CT molecular complexity index is 585. The molecule has 1 aromatic carbocycles. The Labute approximate surface area is 125 Å². The highest BCUT2D eigenvalue weighted by atomic mass is 32.2. The molecule has 0 aliphatic carbocycles. The fourth-order valence-corrected chi connectivity index (χ4v) is 2.69. The molecule has 0 saturated carbocycles. The molecule has 0 radical (unpaired) electrons. The van der Waals surface area contributed by atoms with Gasteiger partial charge in [0.25, 0.3) is 0 Å². The topological polar surface area (TPSA) is 24.9 Å². The molecule has 0 bridgehead atoms. The first kappa shape index (κ1) is 15.9. The van der Waals surface area contributed by atoms with Crippen LogP contribution in [0.15, 0.2) is 52.5 Å². The number of alkyl halides is 3. The molecule has 1 aromatic heterocycles. The number of aromatic nitrogens is 1. The van der Waals surface area contributed by atoms with Crippen LogP contribution < -0.4 is 5.32 Å². The van der Waals surface area contributed by atoms with Gasteiger partial charge in [0.1, 0.15) is 5.03 Å². The second-order valence-electron chi connectivity index (χ2n) is 4.38. The molecule has 0 atom stereocenters. The number of hydrogen-bond acceptors (Lipinski definition) is 3. The quantitative estimate of drug-likeness (QED) is 0.888. The minimum atomic E-state index is -4.38. The van der Waals surface area contributed by atoms with Gasteiger partial charge in [0.05, 0.1) is 5.56 Å². The Balaban J connectivity index is 2.31. The van der Waals surface area contributed by atoms with Gasteiger partial charge in [0, 0.05) is 17.6 Å². The highest BCUT2D eigenvalue weighted by Crippen LogP contribution is 2.39. The molecule has 21 heavy (non-hydrogen) atoms. The van der Waals surface area contributed by atoms with E-state index in [9.17, 15) is 13.2 Å². The van der Waals surface area contributed by atoms with E-state index in [2.05, 4.69) is 10.3 Å². The van der Waals surface area contributed by atoms with Crippen LogP contribution in [0.4, 0.5) is 13.2 Å². The summed E-state index contributed by atoms with van der Waals surface area (Å²) >= 11 is 1.02. The lowest BCUT2D eigenvalue weighted by Crippen LogP contribution is -2.13. The monoisotopic (exact) mass is 312 g/mol. The van der Waals surface area contributed by atoms with Crippen molar-refractivity contribution in [2.45, 2.75) is 29.6 Å². The third kappa shape index (κ3) is 4.47. The fraction of sp³-hybridized carbons (Fsp3) is 0.267. The van der Waals surface area contributed by atoms with E-state index < -0.39 is 11.7 Å². The minimum absolute atomic E-state index is 0.168. The van der Waals surface area contributed by atoms with Gasteiger partial charge in [-0.3, -0.25) is 0 Å². The zero-order valence-corrected chi connectivity index (χ0v) is 12.3. The molecule has 112 valence electrons. The normalized spacial score (nSPS) is 11.6. The maximum absolute atomic E-state index is 13.2. The Kier molecular flexibility index (Phi) is 5.25. The van der Waals surface area contributed by atoms with Gasteiger partial charge in [-0.2, -0.15) is 13.2 Å². The summed E-state index contributed by atoms with van der Waals surface area (Å²) in [6.07, 6.45) is -2.81. The van der Waals surface area contributed by atoms with Gasteiger partial charge >= 0.3 is 6.18 Å². The zero-order chi connectivity index (χ0) is 15.3. The van der Waals surface area contributed by atoms with E-state index in [4.69, 9.17) is 0 Å². The van der Waals surface area contributed by atoms with Crippen molar-refractivity contribution in [2.24, 2.45) is 0 Å². The predicted molar refractivity (Wildman–Crippen MR) is 77.2 cm³/mol. The van der Waals surface area contributed by atoms with E-state index in [1.54, 1.807) is 30.5 Å². The number of rotatable bonds is 5. The smallest absolute Gasteiger partial charge is 0.313 e. The molecule has 2 aromatic rings. The van der Waals surface area contributed by atoms with Crippen molar-refractivity contribution < 1.29 is 13.2 Å². The Morgan fingerprint density at radius 2 is 2.00 bits per heavy atom. The molecule has 0 aliphatic heterocycles. The van der Waals surface area contributed by atoms with Crippen molar-refractivity contribution in [3.63, 3.8) is 0 Å². The first-order valence-electron chi connectivity index (χ1n) is 6.50. The minimum Gasteiger partial charge on any atom is -0.313 e. The lowest BCUT2D eigenvalue weighted by atomic mass is 10.1. The predicted octanol–water partition coefficient (Wildman–Crippen LogP) is 4.36. The van der Waals surface area contributed by atoms with Crippen LogP contribution in [0.1, 0.15) is 18.1 Å². The fourth-order valence-electron chi connectivity index (χ4n) is 1.79. The van der Waals surface area contributed by atoms with Crippen LogP contribution in [0, 0.1) is 0 Å². The van der Waals surface area contributed by atoms with Crippen LogP contribution in [-0.4, -0.2) is 11.5 Å². The lowest BCUT2D eigenvalue weighted by molar-refractivity contribution is -0.139. The van der Waals surface area contributed by atoms with E-state index in [0.717, 1.165) is 11.8 Å². The molecule has 0 aliphatic rings. The molecule has 0 spiro atoms.